The van der Waals surface area contributed by atoms with E-state index in [-0.39, 0.29) is 18.4 Å². The highest BCUT2D eigenvalue weighted by molar-refractivity contribution is 6.32. The van der Waals surface area contributed by atoms with Crippen LogP contribution in [-0.2, 0) is 9.59 Å². The number of likely N-dealkylation sites (tertiary alicyclic amines) is 1. The summed E-state index contributed by atoms with van der Waals surface area (Å²) in [6.07, 6.45) is 5.03. The Bertz CT molecular complexity index is 655. The highest BCUT2D eigenvalue weighted by atomic mass is 35.5. The van der Waals surface area contributed by atoms with Gasteiger partial charge in [0.15, 0.2) is 11.5 Å². The average molecular weight is 367 g/mol. The molecule has 2 amide bonds. The molecular weight excluding hydrogens is 344 g/mol. The van der Waals surface area contributed by atoms with Gasteiger partial charge in [-0.05, 0) is 43.5 Å². The zero-order valence-corrected chi connectivity index (χ0v) is 15.3. The number of benzene rings is 1. The number of amides is 2. The second-order valence-corrected chi connectivity index (χ2v) is 6.01. The quantitative estimate of drug-likeness (QED) is 0.753. The number of nitrogens with one attached hydrogen (secondary N) is 1. The SMILES string of the molecule is CCOc1c(Cl)cc(/C=C/C(=O)NCC(=O)N2CCCC2)cc1OC. The Hall–Kier alpha value is -2.21. The summed E-state index contributed by atoms with van der Waals surface area (Å²) in [6, 6.07) is 3.42. The van der Waals surface area contributed by atoms with Crippen molar-refractivity contribution in [1.82, 2.24) is 10.2 Å². The Morgan fingerprint density at radius 3 is 2.68 bits per heavy atom. The highest BCUT2D eigenvalue weighted by Gasteiger charge is 2.17. The van der Waals surface area contributed by atoms with Crippen molar-refractivity contribution < 1.29 is 19.1 Å². The van der Waals surface area contributed by atoms with Crippen molar-refractivity contribution in [1.29, 1.82) is 0 Å². The van der Waals surface area contributed by atoms with Crippen LogP contribution in [0.25, 0.3) is 6.08 Å². The molecule has 1 heterocycles. The van der Waals surface area contributed by atoms with E-state index >= 15 is 0 Å². The largest absolute Gasteiger partial charge is 0.493 e. The molecular formula is C18H23ClN2O4. The summed E-state index contributed by atoms with van der Waals surface area (Å²) < 4.78 is 10.7. The van der Waals surface area contributed by atoms with Crippen LogP contribution in [0.2, 0.25) is 5.02 Å². The number of methoxy groups -OCH3 is 1. The molecule has 7 heteroatoms. The van der Waals surface area contributed by atoms with Crippen molar-refractivity contribution >= 4 is 29.5 Å². The van der Waals surface area contributed by atoms with Crippen molar-refractivity contribution in [2.75, 3.05) is 33.4 Å². The lowest BCUT2D eigenvalue weighted by atomic mass is 10.2. The van der Waals surface area contributed by atoms with Crippen LogP contribution in [0.1, 0.15) is 25.3 Å². The Labute approximate surface area is 152 Å². The number of carbonyl (C=O) groups excluding carboxylic acids is 2. The number of ether oxygens (including phenoxy) is 2. The van der Waals surface area contributed by atoms with Crippen molar-refractivity contribution in [3.05, 3.63) is 28.8 Å². The maximum Gasteiger partial charge on any atom is 0.244 e. The van der Waals surface area contributed by atoms with E-state index in [1.807, 2.05) is 6.92 Å². The highest BCUT2D eigenvalue weighted by Crippen LogP contribution is 2.36. The molecule has 1 saturated heterocycles. The van der Waals surface area contributed by atoms with Crippen molar-refractivity contribution in [3.8, 4) is 11.5 Å². The van der Waals surface area contributed by atoms with Crippen LogP contribution >= 0.6 is 11.6 Å². The van der Waals surface area contributed by atoms with Gasteiger partial charge in [0.1, 0.15) is 0 Å². The lowest BCUT2D eigenvalue weighted by Gasteiger charge is -2.14. The molecule has 25 heavy (non-hydrogen) atoms. The predicted octanol–water partition coefficient (Wildman–Crippen LogP) is 2.50. The fraction of sp³-hybridized carbons (Fsp3) is 0.444. The molecule has 1 aromatic rings. The van der Waals surface area contributed by atoms with E-state index < -0.39 is 0 Å². The van der Waals surface area contributed by atoms with Crippen molar-refractivity contribution in [2.24, 2.45) is 0 Å². The van der Waals surface area contributed by atoms with Crippen LogP contribution in [0.4, 0.5) is 0 Å². The summed E-state index contributed by atoms with van der Waals surface area (Å²) in [5.41, 5.74) is 0.700. The molecule has 0 unspecified atom stereocenters. The zero-order chi connectivity index (χ0) is 18.2. The summed E-state index contributed by atoms with van der Waals surface area (Å²) >= 11 is 6.19. The maximum absolute atomic E-state index is 11.9. The predicted molar refractivity (Wildman–Crippen MR) is 97.0 cm³/mol. The molecule has 0 aliphatic carbocycles. The monoisotopic (exact) mass is 366 g/mol. The van der Waals surface area contributed by atoms with Gasteiger partial charge in [0, 0.05) is 19.2 Å². The van der Waals surface area contributed by atoms with E-state index in [9.17, 15) is 9.59 Å². The van der Waals surface area contributed by atoms with Crippen LogP contribution in [0.5, 0.6) is 11.5 Å². The molecule has 0 radical (unpaired) electrons. The molecule has 6 nitrogen and oxygen atoms in total. The van der Waals surface area contributed by atoms with E-state index in [0.717, 1.165) is 25.9 Å². The molecule has 0 saturated carbocycles. The van der Waals surface area contributed by atoms with Gasteiger partial charge in [0.25, 0.3) is 0 Å². The topological polar surface area (TPSA) is 67.9 Å². The molecule has 0 aromatic heterocycles. The third-order valence-corrected chi connectivity index (χ3v) is 4.12. The Balaban J connectivity index is 1.94. The minimum Gasteiger partial charge on any atom is -0.493 e. The van der Waals surface area contributed by atoms with Gasteiger partial charge >= 0.3 is 0 Å². The Kier molecular flexibility index (Phi) is 7.13. The third-order valence-electron chi connectivity index (χ3n) is 3.84. The first kappa shape index (κ1) is 19.1. The van der Waals surface area contributed by atoms with Crippen LogP contribution in [-0.4, -0.2) is 50.1 Å². The van der Waals surface area contributed by atoms with E-state index in [2.05, 4.69) is 5.32 Å². The summed E-state index contributed by atoms with van der Waals surface area (Å²) in [4.78, 5) is 25.5. The smallest absolute Gasteiger partial charge is 0.244 e. The first-order valence-corrected chi connectivity index (χ1v) is 8.67. The second kappa shape index (κ2) is 9.32. The number of rotatable bonds is 7. The summed E-state index contributed by atoms with van der Waals surface area (Å²) in [6.45, 7) is 3.89. The van der Waals surface area contributed by atoms with Gasteiger partial charge in [0.05, 0.1) is 25.3 Å². The lowest BCUT2D eigenvalue weighted by molar-refractivity contribution is -0.131. The van der Waals surface area contributed by atoms with Crippen molar-refractivity contribution in [3.63, 3.8) is 0 Å². The average Bonchev–Trinajstić information content (AvgIpc) is 3.14. The maximum atomic E-state index is 11.9. The fourth-order valence-corrected chi connectivity index (χ4v) is 2.87. The summed E-state index contributed by atoms with van der Waals surface area (Å²) in [5, 5.41) is 3.01. The molecule has 2 rings (SSSR count). The lowest BCUT2D eigenvalue weighted by Crippen LogP contribution is -2.38. The minimum absolute atomic E-state index is 0.0104. The summed E-state index contributed by atoms with van der Waals surface area (Å²) in [5.74, 6) is 0.588. The molecule has 1 aromatic carbocycles. The van der Waals surface area contributed by atoms with E-state index in [4.69, 9.17) is 21.1 Å². The van der Waals surface area contributed by atoms with Gasteiger partial charge in [0.2, 0.25) is 11.8 Å². The van der Waals surface area contributed by atoms with E-state index in [1.54, 1.807) is 23.1 Å². The van der Waals surface area contributed by atoms with Gasteiger partial charge < -0.3 is 19.7 Å². The van der Waals surface area contributed by atoms with Gasteiger partial charge in [-0.1, -0.05) is 11.6 Å². The van der Waals surface area contributed by atoms with Crippen LogP contribution in [0.3, 0.4) is 0 Å². The normalized spacial score (nSPS) is 14.0. The van der Waals surface area contributed by atoms with Crippen molar-refractivity contribution in [2.45, 2.75) is 19.8 Å². The Morgan fingerprint density at radius 2 is 2.04 bits per heavy atom. The first-order chi connectivity index (χ1) is 12.0. The third kappa shape index (κ3) is 5.39. The van der Waals surface area contributed by atoms with E-state index in [1.165, 1.54) is 13.2 Å². The minimum atomic E-state index is -0.337. The Morgan fingerprint density at radius 1 is 1.32 bits per heavy atom. The van der Waals surface area contributed by atoms with Gasteiger partial charge in [-0.25, -0.2) is 0 Å². The standard InChI is InChI=1S/C18H23ClN2O4/c1-3-25-18-14(19)10-13(11-15(18)24-2)6-7-16(22)20-12-17(23)21-8-4-5-9-21/h6-7,10-11H,3-5,8-9,12H2,1-2H3,(H,20,22)/b7-6+. The molecule has 1 aliphatic rings. The van der Waals surface area contributed by atoms with Gasteiger partial charge in [-0.2, -0.15) is 0 Å². The number of hydrogen-bond donors (Lipinski definition) is 1. The number of carbonyl (C=O) groups is 2. The molecule has 0 spiro atoms. The molecule has 0 bridgehead atoms. The van der Waals surface area contributed by atoms with Crippen LogP contribution in [0.15, 0.2) is 18.2 Å². The van der Waals surface area contributed by atoms with Crippen LogP contribution in [0, 0.1) is 0 Å². The zero-order valence-electron chi connectivity index (χ0n) is 14.5. The molecule has 1 fully saturated rings. The number of hydrogen-bond acceptors (Lipinski definition) is 4. The molecule has 1 N–H and O–H groups in total. The molecule has 1 aliphatic heterocycles. The first-order valence-electron chi connectivity index (χ1n) is 8.29. The van der Waals surface area contributed by atoms with Gasteiger partial charge in [-0.3, -0.25) is 9.59 Å². The second-order valence-electron chi connectivity index (χ2n) is 5.61. The van der Waals surface area contributed by atoms with Crippen LogP contribution < -0.4 is 14.8 Å². The summed E-state index contributed by atoms with van der Waals surface area (Å²) in [7, 11) is 1.53. The fourth-order valence-electron chi connectivity index (χ4n) is 2.59. The van der Waals surface area contributed by atoms with Gasteiger partial charge in [-0.15, -0.1) is 0 Å². The molecule has 0 atom stereocenters. The molecule has 136 valence electrons. The number of nitrogens with zero attached hydrogens (tertiary/aromatic N) is 1. The van der Waals surface area contributed by atoms with E-state index in [0.29, 0.717) is 28.7 Å². The number of halogens is 1.